The minimum absolute atomic E-state index is 0.0832. The second-order valence-corrected chi connectivity index (χ2v) is 6.16. The van der Waals surface area contributed by atoms with E-state index in [0.29, 0.717) is 12.1 Å². The number of nitrogens with two attached hydrogens (primary N) is 1. The van der Waals surface area contributed by atoms with Crippen LogP contribution < -0.4 is 15.8 Å². The summed E-state index contributed by atoms with van der Waals surface area (Å²) in [5.74, 6) is 0.849. The van der Waals surface area contributed by atoms with E-state index in [1.54, 1.807) is 24.5 Å². The lowest BCUT2D eigenvalue weighted by atomic mass is 10.1. The number of benzene rings is 1. The Bertz CT molecular complexity index is 643. The van der Waals surface area contributed by atoms with Gasteiger partial charge in [0.15, 0.2) is 5.84 Å². The number of nitrogens with zero attached hydrogens (tertiary/aromatic N) is 1. The Morgan fingerprint density at radius 1 is 1.43 bits per heavy atom. The average Bonchev–Trinajstić information content (AvgIpc) is 2.91. The van der Waals surface area contributed by atoms with Gasteiger partial charge in [0, 0.05) is 33.6 Å². The molecule has 0 amide bonds. The van der Waals surface area contributed by atoms with Gasteiger partial charge in [-0.2, -0.15) is 0 Å². The molecule has 1 aromatic heterocycles. The normalized spacial score (nSPS) is 11.6. The van der Waals surface area contributed by atoms with Crippen molar-refractivity contribution in [2.45, 2.75) is 13.1 Å². The first-order chi connectivity index (χ1) is 10.2. The number of thiophene rings is 1. The lowest BCUT2D eigenvalue weighted by Crippen LogP contribution is -2.16. The van der Waals surface area contributed by atoms with E-state index in [1.807, 2.05) is 23.6 Å². The Balaban J connectivity index is 2.09. The average molecular weight is 370 g/mol. The van der Waals surface area contributed by atoms with E-state index in [-0.39, 0.29) is 5.84 Å². The van der Waals surface area contributed by atoms with Crippen LogP contribution in [0.4, 0.5) is 0 Å². The van der Waals surface area contributed by atoms with E-state index in [4.69, 9.17) is 15.7 Å². The van der Waals surface area contributed by atoms with Crippen molar-refractivity contribution in [2.24, 2.45) is 10.9 Å². The Morgan fingerprint density at radius 3 is 2.86 bits per heavy atom. The van der Waals surface area contributed by atoms with Crippen LogP contribution in [0, 0.1) is 0 Å². The first kappa shape index (κ1) is 15.8. The van der Waals surface area contributed by atoms with Crippen molar-refractivity contribution in [1.29, 1.82) is 0 Å². The van der Waals surface area contributed by atoms with Gasteiger partial charge in [-0.25, -0.2) is 0 Å². The van der Waals surface area contributed by atoms with Crippen LogP contribution in [0.25, 0.3) is 0 Å². The summed E-state index contributed by atoms with van der Waals surface area (Å²) in [7, 11) is 1.62. The van der Waals surface area contributed by atoms with Gasteiger partial charge in [0.2, 0.25) is 0 Å². The minimum atomic E-state index is 0.0832. The van der Waals surface area contributed by atoms with E-state index in [0.717, 1.165) is 22.3 Å². The highest BCUT2D eigenvalue weighted by Gasteiger charge is 2.08. The number of hydrogen-bond acceptors (Lipinski definition) is 5. The van der Waals surface area contributed by atoms with Crippen molar-refractivity contribution in [3.8, 4) is 5.75 Å². The third-order valence-electron chi connectivity index (χ3n) is 2.98. The summed E-state index contributed by atoms with van der Waals surface area (Å²) < 4.78 is 6.44. The number of ether oxygens (including phenoxy) is 1. The number of halogens is 1. The molecular formula is C14H16BrN3O2S. The molecule has 0 spiro atoms. The van der Waals surface area contributed by atoms with Gasteiger partial charge in [0.05, 0.1) is 7.11 Å². The molecule has 0 atom stereocenters. The van der Waals surface area contributed by atoms with Gasteiger partial charge in [-0.15, -0.1) is 11.3 Å². The van der Waals surface area contributed by atoms with Crippen molar-refractivity contribution < 1.29 is 9.94 Å². The summed E-state index contributed by atoms with van der Waals surface area (Å²) in [6.45, 7) is 1.38. The fourth-order valence-corrected chi connectivity index (χ4v) is 3.36. The van der Waals surface area contributed by atoms with Gasteiger partial charge in [0.1, 0.15) is 5.75 Å². The molecule has 112 valence electrons. The van der Waals surface area contributed by atoms with E-state index in [1.165, 1.54) is 4.88 Å². The third kappa shape index (κ3) is 3.96. The zero-order chi connectivity index (χ0) is 15.2. The molecule has 0 unspecified atom stereocenters. The van der Waals surface area contributed by atoms with Crippen LogP contribution in [0.3, 0.4) is 0 Å². The van der Waals surface area contributed by atoms with Crippen LogP contribution in [-0.2, 0) is 13.1 Å². The molecule has 0 fully saturated rings. The first-order valence-corrected chi connectivity index (χ1v) is 7.90. The lowest BCUT2D eigenvalue weighted by Gasteiger charge is -2.11. The molecule has 1 heterocycles. The molecule has 0 bridgehead atoms. The van der Waals surface area contributed by atoms with Crippen molar-refractivity contribution in [2.75, 3.05) is 7.11 Å². The Morgan fingerprint density at radius 2 is 2.24 bits per heavy atom. The van der Waals surface area contributed by atoms with Gasteiger partial charge in [-0.05, 0) is 45.6 Å². The summed E-state index contributed by atoms with van der Waals surface area (Å²) >= 11 is 5.20. The molecule has 0 aliphatic heterocycles. The molecule has 2 rings (SSSR count). The molecule has 4 N–H and O–H groups in total. The number of amidine groups is 1. The predicted molar refractivity (Wildman–Crippen MR) is 88.1 cm³/mol. The molecule has 7 heteroatoms. The van der Waals surface area contributed by atoms with Gasteiger partial charge < -0.3 is 21.0 Å². The van der Waals surface area contributed by atoms with Crippen LogP contribution in [0.15, 0.2) is 39.3 Å². The zero-order valence-electron chi connectivity index (χ0n) is 11.5. The van der Waals surface area contributed by atoms with Crippen molar-refractivity contribution in [3.63, 3.8) is 0 Å². The fourth-order valence-electron chi connectivity index (χ4n) is 1.90. The molecule has 2 aromatic rings. The van der Waals surface area contributed by atoms with E-state index in [2.05, 4.69) is 26.4 Å². The van der Waals surface area contributed by atoms with Gasteiger partial charge in [0.25, 0.3) is 0 Å². The lowest BCUT2D eigenvalue weighted by molar-refractivity contribution is 0.318. The van der Waals surface area contributed by atoms with Gasteiger partial charge in [-0.3, -0.25) is 0 Å². The number of rotatable bonds is 6. The summed E-state index contributed by atoms with van der Waals surface area (Å²) in [6, 6.07) is 7.45. The largest absolute Gasteiger partial charge is 0.496 e. The second kappa shape index (κ2) is 7.44. The van der Waals surface area contributed by atoms with Crippen LogP contribution in [0.5, 0.6) is 5.75 Å². The van der Waals surface area contributed by atoms with Gasteiger partial charge >= 0.3 is 0 Å². The summed E-state index contributed by atoms with van der Waals surface area (Å²) in [5, 5.41) is 17.2. The molecule has 0 aliphatic carbocycles. The van der Waals surface area contributed by atoms with Crippen LogP contribution in [0.2, 0.25) is 0 Å². The third-order valence-corrected chi connectivity index (χ3v) is 4.90. The highest BCUT2D eigenvalue weighted by atomic mass is 79.9. The minimum Gasteiger partial charge on any atom is -0.496 e. The van der Waals surface area contributed by atoms with Crippen LogP contribution in [0.1, 0.15) is 16.0 Å². The van der Waals surface area contributed by atoms with Gasteiger partial charge in [-0.1, -0.05) is 5.16 Å². The number of hydrogen-bond donors (Lipinski definition) is 3. The SMILES string of the molecule is COc1ccc(/C(N)=N/O)cc1CNCc1sccc1Br. The highest BCUT2D eigenvalue weighted by molar-refractivity contribution is 9.10. The van der Waals surface area contributed by atoms with Crippen LogP contribution >= 0.6 is 27.3 Å². The molecule has 21 heavy (non-hydrogen) atoms. The Hall–Kier alpha value is -1.57. The van der Waals surface area contributed by atoms with Crippen molar-refractivity contribution >= 4 is 33.1 Å². The smallest absolute Gasteiger partial charge is 0.170 e. The molecule has 0 saturated carbocycles. The monoisotopic (exact) mass is 369 g/mol. The second-order valence-electron chi connectivity index (χ2n) is 4.31. The van der Waals surface area contributed by atoms with E-state index >= 15 is 0 Å². The predicted octanol–water partition coefficient (Wildman–Crippen LogP) is 2.90. The summed E-state index contributed by atoms with van der Waals surface area (Å²) in [4.78, 5) is 1.24. The topological polar surface area (TPSA) is 79.9 Å². The zero-order valence-corrected chi connectivity index (χ0v) is 13.9. The Labute approximate surface area is 135 Å². The van der Waals surface area contributed by atoms with E-state index < -0.39 is 0 Å². The highest BCUT2D eigenvalue weighted by Crippen LogP contribution is 2.23. The maximum atomic E-state index is 8.75. The molecule has 0 saturated heterocycles. The molecule has 1 aromatic carbocycles. The molecule has 0 radical (unpaired) electrons. The first-order valence-electron chi connectivity index (χ1n) is 6.23. The summed E-state index contributed by atoms with van der Waals surface area (Å²) in [6.07, 6.45) is 0. The molecule has 0 aliphatic rings. The van der Waals surface area contributed by atoms with Crippen molar-refractivity contribution in [1.82, 2.24) is 5.32 Å². The number of nitrogens with one attached hydrogen (secondary N) is 1. The standard InChI is InChI=1S/C14H16BrN3O2S/c1-20-12-3-2-9(14(16)18-19)6-10(12)7-17-8-13-11(15)4-5-21-13/h2-6,17,19H,7-8H2,1H3,(H2,16,18). The number of oxime groups is 1. The maximum absolute atomic E-state index is 8.75. The van der Waals surface area contributed by atoms with Crippen molar-refractivity contribution in [3.05, 3.63) is 50.1 Å². The maximum Gasteiger partial charge on any atom is 0.170 e. The Kier molecular flexibility index (Phi) is 5.60. The quantitative estimate of drug-likeness (QED) is 0.316. The summed E-state index contributed by atoms with van der Waals surface area (Å²) in [5.41, 5.74) is 7.23. The number of methoxy groups -OCH3 is 1. The van der Waals surface area contributed by atoms with E-state index in [9.17, 15) is 0 Å². The molecular weight excluding hydrogens is 354 g/mol. The molecule has 5 nitrogen and oxygen atoms in total. The van der Waals surface area contributed by atoms with Crippen LogP contribution in [-0.4, -0.2) is 18.2 Å². The fraction of sp³-hybridized carbons (Fsp3) is 0.214.